The van der Waals surface area contributed by atoms with Crippen molar-refractivity contribution in [2.24, 2.45) is 5.92 Å². The molecule has 0 unspecified atom stereocenters. The van der Waals surface area contributed by atoms with Gasteiger partial charge in [-0.05, 0) is 47.5 Å². The van der Waals surface area contributed by atoms with Crippen LogP contribution in [0.1, 0.15) is 31.8 Å². The Morgan fingerprint density at radius 1 is 0.878 bits per heavy atom. The molecule has 1 N–H and O–H groups in total. The summed E-state index contributed by atoms with van der Waals surface area (Å²) < 4.78 is 6.28. The van der Waals surface area contributed by atoms with Gasteiger partial charge in [0.25, 0.3) is 0 Å². The van der Waals surface area contributed by atoms with Crippen LogP contribution in [0, 0.1) is 5.92 Å². The molecule has 0 bridgehead atoms. The number of para-hydroxylation sites is 2. The lowest BCUT2D eigenvalue weighted by atomic mass is 9.64. The predicted octanol–water partition coefficient (Wildman–Crippen LogP) is 6.31. The van der Waals surface area contributed by atoms with Crippen molar-refractivity contribution in [3.8, 4) is 5.75 Å². The van der Waals surface area contributed by atoms with Crippen LogP contribution in [0.3, 0.4) is 0 Å². The monoisotopic (exact) mass is 604 g/mol. The summed E-state index contributed by atoms with van der Waals surface area (Å²) in [6, 6.07) is 27.8. The van der Waals surface area contributed by atoms with Gasteiger partial charge in [0, 0.05) is 27.0 Å². The summed E-state index contributed by atoms with van der Waals surface area (Å²) >= 11 is 3.46. The Bertz CT molecular complexity index is 1760. The van der Waals surface area contributed by atoms with Crippen molar-refractivity contribution < 1.29 is 19.1 Å². The smallest absolute Gasteiger partial charge is 0.238 e. The molecule has 0 aliphatic carbocycles. The van der Waals surface area contributed by atoms with Crippen molar-refractivity contribution in [2.75, 3.05) is 17.3 Å². The van der Waals surface area contributed by atoms with Gasteiger partial charge in [0.1, 0.15) is 17.2 Å². The number of hydrogen-bond donors (Lipinski definition) is 1. The van der Waals surface area contributed by atoms with E-state index in [0.717, 1.165) is 21.3 Å². The number of methoxy groups -OCH3 is 1. The lowest BCUT2D eigenvalue weighted by Crippen LogP contribution is -2.51. The van der Waals surface area contributed by atoms with E-state index in [2.05, 4.69) is 21.2 Å². The number of benzene rings is 4. The number of nitrogens with zero attached hydrogens (tertiary/aromatic N) is 1. The third-order valence-electron chi connectivity index (χ3n) is 8.58. The van der Waals surface area contributed by atoms with Crippen molar-refractivity contribution in [1.29, 1.82) is 0 Å². The van der Waals surface area contributed by atoms with Crippen LogP contribution >= 0.6 is 15.9 Å². The summed E-state index contributed by atoms with van der Waals surface area (Å²) in [5.41, 5.74) is 2.62. The molecule has 0 radical (unpaired) electrons. The zero-order valence-corrected chi connectivity index (χ0v) is 23.7. The van der Waals surface area contributed by atoms with E-state index in [9.17, 15) is 14.4 Å². The van der Waals surface area contributed by atoms with Gasteiger partial charge in [-0.15, -0.1) is 0 Å². The van der Waals surface area contributed by atoms with Crippen LogP contribution in [-0.2, 0) is 10.2 Å². The maximum atomic E-state index is 14.8. The number of hydrogen-bond acceptors (Lipinski definition) is 5. The van der Waals surface area contributed by atoms with E-state index in [4.69, 9.17) is 4.74 Å². The molecule has 3 heterocycles. The Kier molecular flexibility index (Phi) is 5.94. The number of anilines is 2. The van der Waals surface area contributed by atoms with Crippen molar-refractivity contribution in [1.82, 2.24) is 0 Å². The number of ether oxygens (including phenoxy) is 1. The summed E-state index contributed by atoms with van der Waals surface area (Å²) in [5, 5.41) is 3.06. The minimum absolute atomic E-state index is 0.220. The Hall–Kier alpha value is -4.49. The van der Waals surface area contributed by atoms with Crippen LogP contribution < -0.4 is 15.0 Å². The standard InChI is InChI=1S/C34H25BrN2O4/c1-41-24-9-6-8-22(19-24)31(38)29-30(32(39)21-13-16-23(35)17-14-21)37-27-12-5-2-7-20(27)15-18-28(37)34(29)25-10-3-4-11-26(25)36-33(34)40/h2-19,28-30H,1H3,(H,36,40)/t28-,29+,30+,34+/m1/s1. The second-order valence-corrected chi connectivity index (χ2v) is 11.4. The fourth-order valence-electron chi connectivity index (χ4n) is 6.86. The van der Waals surface area contributed by atoms with Gasteiger partial charge in [-0.25, -0.2) is 0 Å². The molecule has 4 aromatic rings. The summed E-state index contributed by atoms with van der Waals surface area (Å²) in [5.74, 6) is -1.30. The zero-order chi connectivity index (χ0) is 28.3. The number of halogens is 1. The Morgan fingerprint density at radius 2 is 1.63 bits per heavy atom. The first-order valence-corrected chi connectivity index (χ1v) is 14.2. The highest BCUT2D eigenvalue weighted by atomic mass is 79.9. The average Bonchev–Trinajstić information content (AvgIpc) is 3.49. The van der Waals surface area contributed by atoms with E-state index in [-0.39, 0.29) is 17.5 Å². The van der Waals surface area contributed by atoms with Crippen molar-refractivity contribution in [2.45, 2.75) is 17.5 Å². The SMILES string of the molecule is COc1cccc(C(=O)[C@@H]2[C@@H](C(=O)c3ccc(Br)cc3)N3c4ccccc4C=C[C@@H]3[C@]23C(=O)Nc2ccccc23)c1. The van der Waals surface area contributed by atoms with Gasteiger partial charge in [0.2, 0.25) is 5.91 Å². The average molecular weight is 605 g/mol. The van der Waals surface area contributed by atoms with Crippen LogP contribution in [0.4, 0.5) is 11.4 Å². The molecule has 6 nitrogen and oxygen atoms in total. The summed E-state index contributed by atoms with van der Waals surface area (Å²) in [6.07, 6.45) is 3.97. The predicted molar refractivity (Wildman–Crippen MR) is 162 cm³/mol. The van der Waals surface area contributed by atoms with Gasteiger partial charge in [-0.1, -0.05) is 88.7 Å². The first-order chi connectivity index (χ1) is 19.9. The van der Waals surface area contributed by atoms with E-state index < -0.39 is 23.4 Å². The Labute approximate surface area is 245 Å². The molecular weight excluding hydrogens is 580 g/mol. The lowest BCUT2D eigenvalue weighted by molar-refractivity contribution is -0.121. The molecule has 7 heteroatoms. The van der Waals surface area contributed by atoms with E-state index in [1.165, 1.54) is 0 Å². The molecule has 4 aromatic carbocycles. The van der Waals surface area contributed by atoms with Gasteiger partial charge in [-0.2, -0.15) is 0 Å². The summed E-state index contributed by atoms with van der Waals surface area (Å²) in [7, 11) is 1.54. The van der Waals surface area contributed by atoms with Gasteiger partial charge < -0.3 is 15.0 Å². The van der Waals surface area contributed by atoms with Gasteiger partial charge in [0.15, 0.2) is 11.6 Å². The summed E-state index contributed by atoms with van der Waals surface area (Å²) in [4.78, 5) is 45.9. The number of carbonyl (C=O) groups excluding carboxylic acids is 3. The number of Topliss-reactive ketones (excluding diaryl/α,β-unsaturated/α-hetero) is 2. The van der Waals surface area contributed by atoms with Crippen molar-refractivity contribution in [3.05, 3.63) is 130 Å². The number of amides is 1. The largest absolute Gasteiger partial charge is 0.497 e. The fourth-order valence-corrected chi connectivity index (χ4v) is 7.12. The van der Waals surface area contributed by atoms with E-state index in [1.54, 1.807) is 43.5 Å². The maximum absolute atomic E-state index is 14.8. The van der Waals surface area contributed by atoms with Gasteiger partial charge in [-0.3, -0.25) is 14.4 Å². The second kappa shape index (κ2) is 9.56. The highest BCUT2D eigenvalue weighted by Crippen LogP contribution is 2.58. The third kappa shape index (κ3) is 3.65. The van der Waals surface area contributed by atoms with E-state index in [1.807, 2.05) is 77.7 Å². The molecule has 1 spiro atoms. The topological polar surface area (TPSA) is 75.7 Å². The van der Waals surface area contributed by atoms with Crippen LogP contribution in [0.25, 0.3) is 6.08 Å². The molecule has 0 aromatic heterocycles. The number of nitrogens with one attached hydrogen (secondary N) is 1. The molecule has 1 saturated heterocycles. The van der Waals surface area contributed by atoms with Crippen LogP contribution in [0.5, 0.6) is 5.75 Å². The number of ketones is 2. The lowest BCUT2D eigenvalue weighted by Gasteiger charge is -2.37. The fraction of sp³-hybridized carbons (Fsp3) is 0.147. The number of carbonyl (C=O) groups is 3. The molecule has 202 valence electrons. The van der Waals surface area contributed by atoms with Crippen LogP contribution in [0.15, 0.2) is 108 Å². The van der Waals surface area contributed by atoms with Gasteiger partial charge in [0.05, 0.1) is 19.1 Å². The minimum Gasteiger partial charge on any atom is -0.497 e. The number of fused-ring (bicyclic) bond motifs is 6. The molecule has 3 aliphatic heterocycles. The van der Waals surface area contributed by atoms with E-state index >= 15 is 0 Å². The highest BCUT2D eigenvalue weighted by molar-refractivity contribution is 9.10. The maximum Gasteiger partial charge on any atom is 0.238 e. The van der Waals surface area contributed by atoms with Crippen molar-refractivity contribution >= 4 is 50.9 Å². The minimum atomic E-state index is -1.35. The zero-order valence-electron chi connectivity index (χ0n) is 22.1. The van der Waals surface area contributed by atoms with Gasteiger partial charge >= 0.3 is 0 Å². The normalized spacial score (nSPS) is 23.5. The molecular formula is C34H25BrN2O4. The molecule has 4 atom stereocenters. The quantitative estimate of drug-likeness (QED) is 0.270. The third-order valence-corrected chi connectivity index (χ3v) is 9.10. The molecule has 1 fully saturated rings. The molecule has 1 amide bonds. The Balaban J connectivity index is 1.53. The molecule has 7 rings (SSSR count). The second-order valence-electron chi connectivity index (χ2n) is 10.5. The summed E-state index contributed by atoms with van der Waals surface area (Å²) in [6.45, 7) is 0. The molecule has 41 heavy (non-hydrogen) atoms. The molecule has 0 saturated carbocycles. The van der Waals surface area contributed by atoms with E-state index in [0.29, 0.717) is 22.6 Å². The molecule has 3 aliphatic rings. The Morgan fingerprint density at radius 3 is 2.44 bits per heavy atom. The van der Waals surface area contributed by atoms with Crippen LogP contribution in [-0.4, -0.2) is 36.7 Å². The van der Waals surface area contributed by atoms with Crippen LogP contribution in [0.2, 0.25) is 0 Å². The first-order valence-electron chi connectivity index (χ1n) is 13.4. The number of rotatable bonds is 5. The highest BCUT2D eigenvalue weighted by Gasteiger charge is 2.70. The van der Waals surface area contributed by atoms with Crippen molar-refractivity contribution in [3.63, 3.8) is 0 Å². The first kappa shape index (κ1) is 25.5.